The fraction of sp³-hybridized carbons (Fsp3) is 0.444. The lowest BCUT2D eigenvalue weighted by Gasteiger charge is -2.23. The number of rotatable bonds is 6. The van der Waals surface area contributed by atoms with Crippen molar-refractivity contribution in [3.63, 3.8) is 0 Å². The van der Waals surface area contributed by atoms with Crippen molar-refractivity contribution in [1.29, 1.82) is 0 Å². The number of aliphatic carboxylic acids is 1. The summed E-state index contributed by atoms with van der Waals surface area (Å²) in [4.78, 5) is 26.7. The zero-order valence-corrected chi connectivity index (χ0v) is 14.6. The van der Waals surface area contributed by atoms with Crippen LogP contribution in [-0.4, -0.2) is 44.0 Å². The molecule has 0 aromatic carbocycles. The summed E-state index contributed by atoms with van der Waals surface area (Å²) in [5.74, 6) is 1.44. The highest BCUT2D eigenvalue weighted by Crippen LogP contribution is 2.30. The molecule has 0 aliphatic carbocycles. The maximum absolute atomic E-state index is 10.9. The Balaban J connectivity index is 1.80. The lowest BCUT2D eigenvalue weighted by Crippen LogP contribution is -2.27. The first-order valence-corrected chi connectivity index (χ1v) is 8.53. The second-order valence-corrected chi connectivity index (χ2v) is 6.38. The number of carboxylic acids is 1. The third-order valence-corrected chi connectivity index (χ3v) is 4.29. The van der Waals surface area contributed by atoms with Crippen LogP contribution in [0.1, 0.15) is 42.5 Å². The molecule has 3 rings (SSSR count). The molecule has 0 bridgehead atoms. The summed E-state index contributed by atoms with van der Waals surface area (Å²) < 4.78 is 0. The van der Waals surface area contributed by atoms with E-state index in [4.69, 9.17) is 5.11 Å². The van der Waals surface area contributed by atoms with Crippen LogP contribution in [0, 0.1) is 13.8 Å². The first-order chi connectivity index (χ1) is 12.0. The number of anilines is 2. The van der Waals surface area contributed by atoms with Gasteiger partial charge in [-0.15, -0.1) is 0 Å². The van der Waals surface area contributed by atoms with Crippen LogP contribution in [-0.2, 0) is 4.79 Å². The molecule has 0 spiro atoms. The van der Waals surface area contributed by atoms with Gasteiger partial charge in [-0.2, -0.15) is 0 Å². The molecule has 0 amide bonds. The van der Waals surface area contributed by atoms with E-state index in [-0.39, 0.29) is 12.5 Å². The van der Waals surface area contributed by atoms with E-state index in [0.29, 0.717) is 12.4 Å². The van der Waals surface area contributed by atoms with E-state index in [1.54, 1.807) is 0 Å². The molecule has 25 heavy (non-hydrogen) atoms. The van der Waals surface area contributed by atoms with Gasteiger partial charge in [0.05, 0.1) is 12.5 Å². The van der Waals surface area contributed by atoms with Gasteiger partial charge in [0, 0.05) is 24.0 Å². The minimum Gasteiger partial charge on any atom is -0.481 e. The van der Waals surface area contributed by atoms with Gasteiger partial charge in [0.2, 0.25) is 0 Å². The van der Waals surface area contributed by atoms with Gasteiger partial charge in [-0.25, -0.2) is 15.0 Å². The molecule has 1 atom stereocenters. The van der Waals surface area contributed by atoms with Crippen LogP contribution in [0.4, 0.5) is 11.6 Å². The van der Waals surface area contributed by atoms with Crippen molar-refractivity contribution in [2.24, 2.45) is 0 Å². The van der Waals surface area contributed by atoms with Crippen LogP contribution < -0.4 is 5.32 Å². The third kappa shape index (κ3) is 4.51. The predicted molar refractivity (Wildman–Crippen MR) is 94.8 cm³/mol. The number of hydrogen-bond acceptors (Lipinski definition) is 6. The summed E-state index contributed by atoms with van der Waals surface area (Å²) in [7, 11) is 0. The van der Waals surface area contributed by atoms with E-state index >= 15 is 0 Å². The van der Waals surface area contributed by atoms with Crippen LogP contribution in [0.25, 0.3) is 0 Å². The highest BCUT2D eigenvalue weighted by molar-refractivity contribution is 5.66. The monoisotopic (exact) mass is 341 g/mol. The van der Waals surface area contributed by atoms with Gasteiger partial charge < -0.3 is 10.4 Å². The van der Waals surface area contributed by atoms with Crippen molar-refractivity contribution in [3.8, 4) is 0 Å². The molecule has 1 saturated heterocycles. The molecule has 2 aromatic heterocycles. The summed E-state index contributed by atoms with van der Waals surface area (Å²) in [6, 6.07) is 7.76. The Kier molecular flexibility index (Phi) is 5.23. The van der Waals surface area contributed by atoms with Gasteiger partial charge in [0.25, 0.3) is 0 Å². The molecule has 1 fully saturated rings. The fourth-order valence-electron chi connectivity index (χ4n) is 3.17. The van der Waals surface area contributed by atoms with Crippen LogP contribution in [0.3, 0.4) is 0 Å². The van der Waals surface area contributed by atoms with Crippen molar-refractivity contribution in [1.82, 2.24) is 19.9 Å². The fourth-order valence-corrected chi connectivity index (χ4v) is 3.17. The average Bonchev–Trinajstić information content (AvgIpc) is 3.01. The maximum atomic E-state index is 10.9. The number of likely N-dealkylation sites (tertiary alicyclic amines) is 1. The molecule has 2 N–H and O–H groups in total. The first-order valence-electron chi connectivity index (χ1n) is 8.53. The van der Waals surface area contributed by atoms with Crippen molar-refractivity contribution >= 4 is 17.6 Å². The smallest absolute Gasteiger partial charge is 0.304 e. The minimum absolute atomic E-state index is 0.0743. The number of aryl methyl sites for hydroxylation is 2. The quantitative estimate of drug-likeness (QED) is 0.834. The highest BCUT2D eigenvalue weighted by atomic mass is 16.4. The predicted octanol–water partition coefficient (Wildman–Crippen LogP) is 2.84. The lowest BCUT2D eigenvalue weighted by atomic mass is 10.2. The van der Waals surface area contributed by atoms with E-state index < -0.39 is 5.97 Å². The van der Waals surface area contributed by atoms with Crippen LogP contribution in [0.2, 0.25) is 0 Å². The third-order valence-electron chi connectivity index (χ3n) is 4.29. The van der Waals surface area contributed by atoms with Crippen molar-refractivity contribution < 1.29 is 9.90 Å². The number of aromatic nitrogens is 3. The molecule has 7 heteroatoms. The molecule has 0 saturated carbocycles. The zero-order chi connectivity index (χ0) is 17.8. The number of nitrogens with one attached hydrogen (secondary N) is 1. The Morgan fingerprint density at radius 3 is 2.84 bits per heavy atom. The maximum Gasteiger partial charge on any atom is 0.304 e. The number of nitrogens with zero attached hydrogens (tertiary/aromatic N) is 4. The summed E-state index contributed by atoms with van der Waals surface area (Å²) in [6.07, 6.45) is 2.12. The SMILES string of the molecule is Cc1cccc(Nc2cc(C)nc(C3CCCN3CCC(=O)O)n2)n1. The van der Waals surface area contributed by atoms with Gasteiger partial charge in [0.15, 0.2) is 0 Å². The largest absolute Gasteiger partial charge is 0.481 e. The second-order valence-electron chi connectivity index (χ2n) is 6.38. The van der Waals surface area contributed by atoms with Crippen LogP contribution >= 0.6 is 0 Å². The van der Waals surface area contributed by atoms with Gasteiger partial charge in [-0.1, -0.05) is 6.07 Å². The molecule has 1 aliphatic heterocycles. The molecule has 1 unspecified atom stereocenters. The summed E-state index contributed by atoms with van der Waals surface area (Å²) in [6.45, 7) is 5.30. The van der Waals surface area contributed by atoms with E-state index in [1.165, 1.54) is 0 Å². The van der Waals surface area contributed by atoms with Gasteiger partial charge >= 0.3 is 5.97 Å². The van der Waals surface area contributed by atoms with E-state index in [0.717, 1.165) is 42.4 Å². The number of pyridine rings is 1. The van der Waals surface area contributed by atoms with E-state index in [9.17, 15) is 4.79 Å². The first kappa shape index (κ1) is 17.3. The Hall–Kier alpha value is -2.54. The Morgan fingerprint density at radius 2 is 2.08 bits per heavy atom. The number of hydrogen-bond donors (Lipinski definition) is 2. The van der Waals surface area contributed by atoms with Gasteiger partial charge in [-0.3, -0.25) is 9.69 Å². The molecular formula is C18H23N5O2. The molecule has 2 aromatic rings. The Morgan fingerprint density at radius 1 is 1.24 bits per heavy atom. The molecule has 1 aliphatic rings. The molecular weight excluding hydrogens is 318 g/mol. The average molecular weight is 341 g/mol. The van der Waals surface area contributed by atoms with Crippen molar-refractivity contribution in [2.75, 3.05) is 18.4 Å². The number of carboxylic acid groups (broad SMARTS) is 1. The summed E-state index contributed by atoms with van der Waals surface area (Å²) in [5, 5.41) is 12.2. The van der Waals surface area contributed by atoms with Crippen molar-refractivity contribution in [2.45, 2.75) is 39.2 Å². The highest BCUT2D eigenvalue weighted by Gasteiger charge is 2.28. The van der Waals surface area contributed by atoms with Crippen LogP contribution in [0.5, 0.6) is 0 Å². The topological polar surface area (TPSA) is 91.2 Å². The van der Waals surface area contributed by atoms with Gasteiger partial charge in [-0.05, 0) is 45.4 Å². The molecule has 0 radical (unpaired) electrons. The second kappa shape index (κ2) is 7.57. The lowest BCUT2D eigenvalue weighted by molar-refractivity contribution is -0.137. The normalized spacial score (nSPS) is 17.6. The molecule has 7 nitrogen and oxygen atoms in total. The summed E-state index contributed by atoms with van der Waals surface area (Å²) >= 11 is 0. The standard InChI is InChI=1S/C18H23N5O2/c1-12-5-3-7-15(19-12)21-16-11-13(2)20-18(22-16)14-6-4-9-23(14)10-8-17(24)25/h3,5,7,11,14H,4,6,8-10H2,1-2H3,(H,24,25)(H,19,20,21,22). The Bertz CT molecular complexity index is 765. The van der Waals surface area contributed by atoms with Crippen LogP contribution in [0.15, 0.2) is 24.3 Å². The summed E-state index contributed by atoms with van der Waals surface area (Å²) in [5.41, 5.74) is 1.82. The zero-order valence-electron chi connectivity index (χ0n) is 14.6. The van der Waals surface area contributed by atoms with Crippen molar-refractivity contribution in [3.05, 3.63) is 41.5 Å². The minimum atomic E-state index is -0.774. The van der Waals surface area contributed by atoms with Gasteiger partial charge in [0.1, 0.15) is 17.5 Å². The number of carbonyl (C=O) groups is 1. The molecule has 3 heterocycles. The Labute approximate surface area is 147 Å². The van der Waals surface area contributed by atoms with E-state index in [2.05, 4.69) is 25.2 Å². The molecule has 132 valence electrons. The van der Waals surface area contributed by atoms with E-state index in [1.807, 2.05) is 38.1 Å².